The maximum atomic E-state index is 9.28. The molecule has 0 aliphatic rings. The van der Waals surface area contributed by atoms with E-state index < -0.39 is 18.4 Å². The zero-order valence-corrected chi connectivity index (χ0v) is 21.7. The van der Waals surface area contributed by atoms with Gasteiger partial charge in [0.1, 0.15) is 0 Å². The molecule has 7 heteroatoms. The summed E-state index contributed by atoms with van der Waals surface area (Å²) >= 11 is 0. The van der Waals surface area contributed by atoms with Gasteiger partial charge in [-0.25, -0.2) is 0 Å². The van der Waals surface area contributed by atoms with Crippen molar-refractivity contribution in [3.63, 3.8) is 0 Å². The monoisotopic (exact) mass is 356 g/mol. The van der Waals surface area contributed by atoms with Crippen LogP contribution in [0.1, 0.15) is 72.1 Å². The number of carbonyl (C=O) groups is 2. The Labute approximate surface area is 233 Å². The number of carboxylic acids is 2. The molecule has 0 rings (SSSR count). The Hall–Kier alpha value is 2.81. The van der Waals surface area contributed by atoms with Crippen LogP contribution in [0.15, 0.2) is 0 Å². The van der Waals surface area contributed by atoms with Crippen molar-refractivity contribution in [3.05, 3.63) is 6.42 Å². The average Bonchev–Trinajstić information content (AvgIpc) is 2.26. The van der Waals surface area contributed by atoms with Crippen LogP contribution in [-0.2, 0) is 9.59 Å². The molecule has 0 bridgehead atoms. The first kappa shape index (κ1) is 35.8. The van der Waals surface area contributed by atoms with Gasteiger partial charge < -0.3 is 26.2 Å². The minimum absolute atomic E-state index is 0. The van der Waals surface area contributed by atoms with Crippen molar-refractivity contribution in [3.8, 4) is 0 Å². The number of unbranched alkanes of at least 4 members (excludes halogenated alkanes) is 6. The first-order chi connectivity index (χ1) is 8.90. The number of rotatable bonds is 10. The Morgan fingerprint density at radius 2 is 1.41 bits per heavy atom. The predicted octanol–water partition coefficient (Wildman–Crippen LogP) is -7.51. The van der Waals surface area contributed by atoms with Gasteiger partial charge in [-0.3, -0.25) is 0 Å². The molecule has 0 aliphatic heterocycles. The second-order valence-electron chi connectivity index (χ2n) is 5.04. The van der Waals surface area contributed by atoms with E-state index in [0.717, 1.165) is 5.92 Å². The molecule has 0 N–H and O–H groups in total. The molecule has 0 heterocycles. The number of hydrogen-bond acceptors (Lipinski definition) is 4. The third kappa shape index (κ3) is 43.4. The summed E-state index contributed by atoms with van der Waals surface area (Å²) in [5, 5.41) is 18.6. The quantitative estimate of drug-likeness (QED) is 0.169. The van der Waals surface area contributed by atoms with Crippen molar-refractivity contribution in [1.82, 2.24) is 0 Å². The normalized spacial score (nSPS) is 8.55. The molecule has 0 atom stereocenters. The topological polar surface area (TPSA) is 80.3 Å². The fourth-order valence-corrected chi connectivity index (χ4v) is 1.46. The van der Waals surface area contributed by atoms with Crippen LogP contribution in [0.25, 0.3) is 0 Å². The number of carboxylic acid groups (broad SMARTS) is 2. The SMILES string of the molecule is CCCCCCC[CH-]CC(C)C.O=C([O-])CC(=O)[O-].[K+].[K+].[Li+]. The van der Waals surface area contributed by atoms with Gasteiger partial charge in [-0.05, 0) is 0 Å². The van der Waals surface area contributed by atoms with E-state index in [1.54, 1.807) is 0 Å². The van der Waals surface area contributed by atoms with E-state index in [0.29, 0.717) is 0 Å². The second-order valence-corrected chi connectivity index (χ2v) is 5.04. The predicted molar refractivity (Wildman–Crippen MR) is 71.8 cm³/mol. The van der Waals surface area contributed by atoms with E-state index in [4.69, 9.17) is 0 Å². The molecule has 0 amide bonds. The first-order valence-corrected chi connectivity index (χ1v) is 7.11. The molecular formula is C15H27K2LiO4. The Bertz CT molecular complexity index is 228. The van der Waals surface area contributed by atoms with Gasteiger partial charge in [-0.15, -0.1) is 0 Å². The summed E-state index contributed by atoms with van der Waals surface area (Å²) in [7, 11) is 0. The summed E-state index contributed by atoms with van der Waals surface area (Å²) in [5.74, 6) is -2.40. The number of hydrogen-bond donors (Lipinski definition) is 0. The summed E-state index contributed by atoms with van der Waals surface area (Å²) in [6.07, 6.45) is 11.1. The minimum Gasteiger partial charge on any atom is -0.550 e. The van der Waals surface area contributed by atoms with Gasteiger partial charge in [0.2, 0.25) is 0 Å². The standard InChI is InChI=1S/C12H25.C3H4O4.2K.Li/c1-4-5-6-7-8-9-10-11-12(2)3;4-2(5)1-3(6)7;;;/h10,12H,4-9,11H2,1-3H3;1H2,(H,4,5)(H,6,7);;;/q-1;;3*+1/p-2. The van der Waals surface area contributed by atoms with E-state index in [1.807, 2.05) is 0 Å². The van der Waals surface area contributed by atoms with Gasteiger partial charge in [-0.2, -0.15) is 12.8 Å². The van der Waals surface area contributed by atoms with Crippen LogP contribution in [0.2, 0.25) is 0 Å². The van der Waals surface area contributed by atoms with Crippen molar-refractivity contribution in [2.45, 2.75) is 72.1 Å². The van der Waals surface area contributed by atoms with E-state index in [9.17, 15) is 19.8 Å². The van der Waals surface area contributed by atoms with Crippen LogP contribution in [0.5, 0.6) is 0 Å². The minimum atomic E-state index is -1.63. The van der Waals surface area contributed by atoms with Crippen LogP contribution < -0.4 is 132 Å². The van der Waals surface area contributed by atoms with Gasteiger partial charge in [-0.1, -0.05) is 58.8 Å². The Morgan fingerprint density at radius 1 is 0.955 bits per heavy atom. The maximum Gasteiger partial charge on any atom is 1.00 e. The Morgan fingerprint density at radius 3 is 1.73 bits per heavy atom. The summed E-state index contributed by atoms with van der Waals surface area (Å²) in [6, 6.07) is 0. The molecule has 114 valence electrons. The summed E-state index contributed by atoms with van der Waals surface area (Å²) in [5.41, 5.74) is 0. The molecular weight excluding hydrogens is 329 g/mol. The van der Waals surface area contributed by atoms with E-state index in [1.165, 1.54) is 44.9 Å². The van der Waals surface area contributed by atoms with Gasteiger partial charge in [0, 0.05) is 18.4 Å². The maximum absolute atomic E-state index is 9.28. The van der Waals surface area contributed by atoms with Gasteiger partial charge in [0.05, 0.1) is 0 Å². The number of aliphatic carboxylic acids is 2. The van der Waals surface area contributed by atoms with E-state index in [-0.39, 0.29) is 122 Å². The second kappa shape index (κ2) is 28.6. The summed E-state index contributed by atoms with van der Waals surface area (Å²) < 4.78 is 0. The van der Waals surface area contributed by atoms with Gasteiger partial charge in [0.15, 0.2) is 0 Å². The molecule has 0 unspecified atom stereocenters. The van der Waals surface area contributed by atoms with Crippen molar-refractivity contribution in [2.24, 2.45) is 5.92 Å². The van der Waals surface area contributed by atoms with Crippen LogP contribution in [-0.4, -0.2) is 11.9 Å². The van der Waals surface area contributed by atoms with E-state index >= 15 is 0 Å². The molecule has 0 aromatic rings. The average molecular weight is 357 g/mol. The van der Waals surface area contributed by atoms with Gasteiger partial charge >= 0.3 is 122 Å². The van der Waals surface area contributed by atoms with Crippen LogP contribution in [0, 0.1) is 12.3 Å². The van der Waals surface area contributed by atoms with Gasteiger partial charge in [0.25, 0.3) is 0 Å². The zero-order chi connectivity index (χ0) is 15.1. The fourth-order valence-electron chi connectivity index (χ4n) is 1.46. The smallest absolute Gasteiger partial charge is 0.550 e. The molecule has 22 heavy (non-hydrogen) atoms. The van der Waals surface area contributed by atoms with Crippen molar-refractivity contribution < 1.29 is 141 Å². The molecule has 0 radical (unpaired) electrons. The first-order valence-electron chi connectivity index (χ1n) is 7.11. The van der Waals surface area contributed by atoms with Crippen molar-refractivity contribution >= 4 is 11.9 Å². The molecule has 0 saturated heterocycles. The third-order valence-electron chi connectivity index (χ3n) is 2.44. The fraction of sp³-hybridized carbons (Fsp3) is 0.800. The number of carbonyl (C=O) groups excluding carboxylic acids is 2. The van der Waals surface area contributed by atoms with Crippen LogP contribution in [0.3, 0.4) is 0 Å². The van der Waals surface area contributed by atoms with Crippen LogP contribution >= 0.6 is 0 Å². The molecule has 0 spiro atoms. The van der Waals surface area contributed by atoms with E-state index in [2.05, 4.69) is 27.2 Å². The molecule has 0 aliphatic carbocycles. The molecule has 0 saturated carbocycles. The molecule has 0 aromatic carbocycles. The summed E-state index contributed by atoms with van der Waals surface area (Å²) in [6.45, 7) is 6.84. The third-order valence-corrected chi connectivity index (χ3v) is 2.44. The van der Waals surface area contributed by atoms with Crippen molar-refractivity contribution in [1.29, 1.82) is 0 Å². The molecule has 0 aromatic heterocycles. The largest absolute Gasteiger partial charge is 1.00 e. The Kier molecular flexibility index (Phi) is 46.6. The van der Waals surface area contributed by atoms with Crippen molar-refractivity contribution in [2.75, 3.05) is 0 Å². The Balaban J connectivity index is -0.0000000850. The van der Waals surface area contributed by atoms with Crippen LogP contribution in [0.4, 0.5) is 0 Å². The molecule has 4 nitrogen and oxygen atoms in total. The zero-order valence-electron chi connectivity index (χ0n) is 15.4. The molecule has 0 fully saturated rings. The summed E-state index contributed by atoms with van der Waals surface area (Å²) in [4.78, 5) is 18.6.